The second kappa shape index (κ2) is 10.4. The molecule has 0 amide bonds. The number of aryl methyl sites for hydroxylation is 1. The topological polar surface area (TPSA) is 95.5 Å². The van der Waals surface area contributed by atoms with E-state index in [9.17, 15) is 8.42 Å². The fourth-order valence-corrected chi connectivity index (χ4v) is 3.91. The molecule has 1 aromatic heterocycles. The van der Waals surface area contributed by atoms with Crippen LogP contribution in [0.4, 0.5) is 0 Å². The number of hydrogen-bond acceptors (Lipinski definition) is 5. The fourth-order valence-electron chi connectivity index (χ4n) is 2.32. The summed E-state index contributed by atoms with van der Waals surface area (Å²) in [5, 5.41) is 7.65. The van der Waals surface area contributed by atoms with Crippen LogP contribution >= 0.6 is 11.3 Å². The minimum Gasteiger partial charge on any atom is -0.357 e. The van der Waals surface area contributed by atoms with Crippen molar-refractivity contribution in [2.75, 3.05) is 20.1 Å². The number of hydrogen-bond donors (Lipinski definition) is 3. The number of sulfonamides is 1. The van der Waals surface area contributed by atoms with Gasteiger partial charge in [-0.3, -0.25) is 0 Å². The first kappa shape index (κ1) is 21.3. The van der Waals surface area contributed by atoms with Gasteiger partial charge >= 0.3 is 0 Å². The standard InChI is InChI=1S/C18H27N5O2S2/c1-4-15-13-22-17(26-15)10-11-21-18(20-5-2)23-12-14-6-8-16(9-7-14)27(24,25)19-3/h6-9,13,19H,4-5,10-12H2,1-3H3,(H2,20,21,23). The third kappa shape index (κ3) is 6.60. The molecule has 9 heteroatoms. The molecule has 0 spiro atoms. The molecular weight excluding hydrogens is 382 g/mol. The lowest BCUT2D eigenvalue weighted by molar-refractivity contribution is 0.588. The van der Waals surface area contributed by atoms with Crippen molar-refractivity contribution in [3.8, 4) is 0 Å². The van der Waals surface area contributed by atoms with E-state index in [-0.39, 0.29) is 4.90 Å². The second-order valence-electron chi connectivity index (χ2n) is 5.80. The highest BCUT2D eigenvalue weighted by Crippen LogP contribution is 2.13. The molecule has 148 valence electrons. The SMILES string of the molecule is CCNC(=NCc1ccc(S(=O)(=O)NC)cc1)NCCc1ncc(CC)s1. The zero-order chi connectivity index (χ0) is 19.7. The minimum atomic E-state index is -3.41. The first-order chi connectivity index (χ1) is 13.0. The maximum Gasteiger partial charge on any atom is 0.240 e. The van der Waals surface area contributed by atoms with Crippen molar-refractivity contribution < 1.29 is 8.42 Å². The van der Waals surface area contributed by atoms with E-state index in [0.717, 1.165) is 42.5 Å². The van der Waals surface area contributed by atoms with E-state index in [1.807, 2.05) is 13.1 Å². The van der Waals surface area contributed by atoms with Gasteiger partial charge < -0.3 is 10.6 Å². The van der Waals surface area contributed by atoms with Crippen LogP contribution in [-0.2, 0) is 29.4 Å². The van der Waals surface area contributed by atoms with Gasteiger partial charge in [-0.15, -0.1) is 11.3 Å². The molecule has 7 nitrogen and oxygen atoms in total. The molecule has 0 bridgehead atoms. The first-order valence-corrected chi connectivity index (χ1v) is 11.3. The number of nitrogens with one attached hydrogen (secondary N) is 3. The van der Waals surface area contributed by atoms with Gasteiger partial charge in [0.25, 0.3) is 0 Å². The average Bonchev–Trinajstić information content (AvgIpc) is 3.14. The van der Waals surface area contributed by atoms with Crippen LogP contribution in [0.1, 0.15) is 29.3 Å². The lowest BCUT2D eigenvalue weighted by atomic mass is 10.2. The van der Waals surface area contributed by atoms with Crippen molar-refractivity contribution >= 4 is 27.3 Å². The molecule has 0 saturated carbocycles. The molecule has 0 unspecified atom stereocenters. The Morgan fingerprint density at radius 1 is 1.19 bits per heavy atom. The van der Waals surface area contributed by atoms with Crippen LogP contribution in [0.5, 0.6) is 0 Å². The maximum atomic E-state index is 11.8. The Kier molecular flexibility index (Phi) is 8.21. The first-order valence-electron chi connectivity index (χ1n) is 8.96. The van der Waals surface area contributed by atoms with Crippen LogP contribution in [0.15, 0.2) is 40.4 Å². The molecule has 2 aromatic rings. The molecule has 0 aliphatic rings. The summed E-state index contributed by atoms with van der Waals surface area (Å²) in [4.78, 5) is 10.5. The molecule has 0 atom stereocenters. The van der Waals surface area contributed by atoms with Gasteiger partial charge in [-0.05, 0) is 38.1 Å². The molecule has 1 heterocycles. The van der Waals surface area contributed by atoms with E-state index >= 15 is 0 Å². The Morgan fingerprint density at radius 2 is 1.93 bits per heavy atom. The number of aromatic nitrogens is 1. The van der Waals surface area contributed by atoms with Crippen LogP contribution in [0.2, 0.25) is 0 Å². The summed E-state index contributed by atoms with van der Waals surface area (Å²) in [6.07, 6.45) is 3.81. The molecule has 0 radical (unpaired) electrons. The number of nitrogens with zero attached hydrogens (tertiary/aromatic N) is 2. The van der Waals surface area contributed by atoms with Crippen molar-refractivity contribution in [2.24, 2.45) is 4.99 Å². The Balaban J connectivity index is 1.92. The molecule has 27 heavy (non-hydrogen) atoms. The zero-order valence-electron chi connectivity index (χ0n) is 15.9. The van der Waals surface area contributed by atoms with E-state index in [1.165, 1.54) is 11.9 Å². The highest BCUT2D eigenvalue weighted by molar-refractivity contribution is 7.89. The normalized spacial score (nSPS) is 12.2. The Labute approximate surface area is 165 Å². The molecule has 0 aliphatic carbocycles. The number of rotatable bonds is 9. The lowest BCUT2D eigenvalue weighted by Gasteiger charge is -2.11. The number of aliphatic imine (C=N–C) groups is 1. The van der Waals surface area contributed by atoms with Crippen LogP contribution in [0.3, 0.4) is 0 Å². The quantitative estimate of drug-likeness (QED) is 0.434. The Bertz CT molecular complexity index is 845. The number of guanidine groups is 1. The summed E-state index contributed by atoms with van der Waals surface area (Å²) in [6.45, 7) is 6.13. The number of benzene rings is 1. The predicted octanol–water partition coefficient (Wildman–Crippen LogP) is 1.91. The van der Waals surface area contributed by atoms with Crippen LogP contribution in [0, 0.1) is 0 Å². The molecule has 2 rings (SSSR count). The highest BCUT2D eigenvalue weighted by Gasteiger charge is 2.10. The Hall–Kier alpha value is -1.97. The van der Waals surface area contributed by atoms with Crippen molar-refractivity contribution in [1.29, 1.82) is 0 Å². The smallest absolute Gasteiger partial charge is 0.240 e. The van der Waals surface area contributed by atoms with Crippen LogP contribution < -0.4 is 15.4 Å². The van der Waals surface area contributed by atoms with Crippen molar-refractivity contribution in [2.45, 2.75) is 38.1 Å². The monoisotopic (exact) mass is 409 g/mol. The third-order valence-electron chi connectivity index (χ3n) is 3.85. The van der Waals surface area contributed by atoms with Crippen molar-refractivity contribution in [3.05, 3.63) is 45.9 Å². The van der Waals surface area contributed by atoms with E-state index in [2.05, 4.69) is 32.3 Å². The summed E-state index contributed by atoms with van der Waals surface area (Å²) in [5.74, 6) is 0.733. The molecular formula is C18H27N5O2S2. The summed E-state index contributed by atoms with van der Waals surface area (Å²) in [6, 6.07) is 6.73. The van der Waals surface area contributed by atoms with E-state index < -0.39 is 10.0 Å². The summed E-state index contributed by atoms with van der Waals surface area (Å²) >= 11 is 1.75. The Morgan fingerprint density at radius 3 is 2.52 bits per heavy atom. The van der Waals surface area contributed by atoms with Gasteiger partial charge in [0.15, 0.2) is 5.96 Å². The molecule has 3 N–H and O–H groups in total. The van der Waals surface area contributed by atoms with Gasteiger partial charge in [0.05, 0.1) is 16.4 Å². The van der Waals surface area contributed by atoms with Crippen molar-refractivity contribution in [3.63, 3.8) is 0 Å². The molecule has 0 saturated heterocycles. The van der Waals surface area contributed by atoms with Gasteiger partial charge in [-0.25, -0.2) is 23.1 Å². The second-order valence-corrected chi connectivity index (χ2v) is 8.88. The highest BCUT2D eigenvalue weighted by atomic mass is 32.2. The lowest BCUT2D eigenvalue weighted by Crippen LogP contribution is -2.38. The van der Waals surface area contributed by atoms with E-state index in [4.69, 9.17) is 0 Å². The number of thiazole rings is 1. The molecule has 0 aliphatic heterocycles. The van der Waals surface area contributed by atoms with Crippen LogP contribution in [-0.4, -0.2) is 39.5 Å². The van der Waals surface area contributed by atoms with Crippen LogP contribution in [0.25, 0.3) is 0 Å². The van der Waals surface area contributed by atoms with Gasteiger partial charge in [0.1, 0.15) is 0 Å². The minimum absolute atomic E-state index is 0.248. The van der Waals surface area contributed by atoms with Gasteiger partial charge in [0, 0.05) is 30.6 Å². The summed E-state index contributed by atoms with van der Waals surface area (Å²) in [5.41, 5.74) is 0.940. The van der Waals surface area contributed by atoms with Crippen molar-refractivity contribution in [1.82, 2.24) is 20.3 Å². The summed E-state index contributed by atoms with van der Waals surface area (Å²) in [7, 11) is -2.01. The molecule has 1 aromatic carbocycles. The molecule has 0 fully saturated rings. The predicted molar refractivity (Wildman–Crippen MR) is 111 cm³/mol. The van der Waals surface area contributed by atoms with Gasteiger partial charge in [-0.1, -0.05) is 19.1 Å². The largest absolute Gasteiger partial charge is 0.357 e. The summed E-state index contributed by atoms with van der Waals surface area (Å²) < 4.78 is 25.8. The zero-order valence-corrected chi connectivity index (χ0v) is 17.6. The maximum absolute atomic E-state index is 11.8. The van der Waals surface area contributed by atoms with E-state index in [0.29, 0.717) is 6.54 Å². The fraction of sp³-hybridized carbons (Fsp3) is 0.444. The third-order valence-corrected chi connectivity index (χ3v) is 6.48. The average molecular weight is 410 g/mol. The van der Waals surface area contributed by atoms with Gasteiger partial charge in [-0.2, -0.15) is 0 Å². The van der Waals surface area contributed by atoms with Gasteiger partial charge in [0.2, 0.25) is 10.0 Å². The van der Waals surface area contributed by atoms with E-state index in [1.54, 1.807) is 35.6 Å².